The van der Waals surface area contributed by atoms with Crippen LogP contribution in [0.4, 0.5) is 0 Å². The monoisotopic (exact) mass is 252 g/mol. The first kappa shape index (κ1) is 11.8. The fourth-order valence-corrected chi connectivity index (χ4v) is 2.43. The lowest BCUT2D eigenvalue weighted by atomic mass is 10.2. The highest BCUT2D eigenvalue weighted by Crippen LogP contribution is 2.31. The normalized spacial score (nSPS) is 18.8. The molecule has 1 aromatic rings. The topological polar surface area (TPSA) is 81.4 Å². The van der Waals surface area contributed by atoms with Crippen molar-refractivity contribution in [2.24, 2.45) is 5.73 Å². The molecule has 0 unspecified atom stereocenters. The van der Waals surface area contributed by atoms with Crippen molar-refractivity contribution in [2.75, 3.05) is 12.4 Å². The van der Waals surface area contributed by atoms with Gasteiger partial charge in [-0.2, -0.15) is 0 Å². The SMILES string of the molecule is NC(=O)COc1ccc([C@H]2NC(=O)CS2)cc1. The number of benzene rings is 1. The second-order valence-corrected chi connectivity index (χ2v) is 4.68. The molecular formula is C11H12N2O3S. The van der Waals surface area contributed by atoms with Gasteiger partial charge in [0.05, 0.1) is 5.75 Å². The lowest BCUT2D eigenvalue weighted by molar-refractivity contribution is -0.120. The second kappa shape index (κ2) is 5.09. The third kappa shape index (κ3) is 3.13. The maximum absolute atomic E-state index is 11.1. The zero-order valence-electron chi connectivity index (χ0n) is 9.01. The van der Waals surface area contributed by atoms with Crippen LogP contribution in [0.25, 0.3) is 0 Å². The summed E-state index contributed by atoms with van der Waals surface area (Å²) in [6, 6.07) is 7.23. The fourth-order valence-electron chi connectivity index (χ4n) is 1.46. The van der Waals surface area contributed by atoms with Crippen molar-refractivity contribution in [3.63, 3.8) is 0 Å². The summed E-state index contributed by atoms with van der Waals surface area (Å²) in [6.07, 6.45) is 0. The molecule has 1 aliphatic heterocycles. The molecule has 1 fully saturated rings. The highest BCUT2D eigenvalue weighted by atomic mass is 32.2. The minimum Gasteiger partial charge on any atom is -0.484 e. The predicted molar refractivity (Wildman–Crippen MR) is 64.5 cm³/mol. The number of primary amides is 1. The number of amides is 2. The Bertz CT molecular complexity index is 433. The highest BCUT2D eigenvalue weighted by molar-refractivity contribution is 8.00. The van der Waals surface area contributed by atoms with Crippen LogP contribution < -0.4 is 15.8 Å². The van der Waals surface area contributed by atoms with E-state index in [1.165, 1.54) is 0 Å². The summed E-state index contributed by atoms with van der Waals surface area (Å²) in [7, 11) is 0. The van der Waals surface area contributed by atoms with Crippen LogP contribution in [0.3, 0.4) is 0 Å². The van der Waals surface area contributed by atoms with Gasteiger partial charge in [0.1, 0.15) is 11.1 Å². The van der Waals surface area contributed by atoms with Gasteiger partial charge in [-0.15, -0.1) is 11.8 Å². The van der Waals surface area contributed by atoms with Crippen LogP contribution in [0.1, 0.15) is 10.9 Å². The van der Waals surface area contributed by atoms with E-state index in [1.54, 1.807) is 23.9 Å². The van der Waals surface area contributed by atoms with E-state index in [1.807, 2.05) is 12.1 Å². The molecule has 0 spiro atoms. The Balaban J connectivity index is 1.98. The maximum Gasteiger partial charge on any atom is 0.255 e. The molecule has 1 atom stereocenters. The number of thioether (sulfide) groups is 1. The van der Waals surface area contributed by atoms with Crippen LogP contribution in [0.15, 0.2) is 24.3 Å². The Morgan fingerprint density at radius 1 is 1.47 bits per heavy atom. The van der Waals surface area contributed by atoms with E-state index in [9.17, 15) is 9.59 Å². The number of carbonyl (C=O) groups is 2. The zero-order valence-corrected chi connectivity index (χ0v) is 9.83. The Labute approximate surface area is 103 Å². The van der Waals surface area contributed by atoms with Gasteiger partial charge in [-0.05, 0) is 17.7 Å². The molecule has 3 N–H and O–H groups in total. The summed E-state index contributed by atoms with van der Waals surface area (Å²) in [5.74, 6) is 0.619. The molecule has 5 nitrogen and oxygen atoms in total. The van der Waals surface area contributed by atoms with Gasteiger partial charge in [-0.1, -0.05) is 12.1 Å². The minimum absolute atomic E-state index is 0.00712. The summed E-state index contributed by atoms with van der Waals surface area (Å²) >= 11 is 1.55. The van der Waals surface area contributed by atoms with Gasteiger partial charge in [-0.3, -0.25) is 9.59 Å². The lowest BCUT2D eigenvalue weighted by Crippen LogP contribution is -2.20. The number of nitrogens with one attached hydrogen (secondary N) is 1. The van der Waals surface area contributed by atoms with Gasteiger partial charge >= 0.3 is 0 Å². The molecule has 0 aromatic heterocycles. The van der Waals surface area contributed by atoms with Gasteiger partial charge < -0.3 is 15.8 Å². The van der Waals surface area contributed by atoms with E-state index in [0.717, 1.165) is 5.56 Å². The van der Waals surface area contributed by atoms with Crippen LogP contribution >= 0.6 is 11.8 Å². The molecule has 1 saturated heterocycles. The molecule has 2 rings (SSSR count). The van der Waals surface area contributed by atoms with Crippen molar-refractivity contribution >= 4 is 23.6 Å². The van der Waals surface area contributed by atoms with Gasteiger partial charge in [0.15, 0.2) is 6.61 Å². The van der Waals surface area contributed by atoms with Crippen LogP contribution in [0.2, 0.25) is 0 Å². The van der Waals surface area contributed by atoms with Crippen molar-refractivity contribution in [3.05, 3.63) is 29.8 Å². The molecule has 1 heterocycles. The third-order valence-corrected chi connectivity index (χ3v) is 3.39. The first-order valence-corrected chi connectivity index (χ1v) is 6.12. The molecule has 0 saturated carbocycles. The number of hydrogen-bond donors (Lipinski definition) is 2. The number of rotatable bonds is 4. The van der Waals surface area contributed by atoms with E-state index < -0.39 is 5.91 Å². The molecule has 2 amide bonds. The first-order chi connectivity index (χ1) is 8.15. The maximum atomic E-state index is 11.1. The van der Waals surface area contributed by atoms with Gasteiger partial charge in [0, 0.05) is 0 Å². The Kier molecular flexibility index (Phi) is 3.53. The van der Waals surface area contributed by atoms with Crippen molar-refractivity contribution in [1.82, 2.24) is 5.32 Å². The zero-order chi connectivity index (χ0) is 12.3. The van der Waals surface area contributed by atoms with E-state index >= 15 is 0 Å². The lowest BCUT2D eigenvalue weighted by Gasteiger charge is -2.10. The second-order valence-electron chi connectivity index (χ2n) is 3.58. The van der Waals surface area contributed by atoms with Crippen LogP contribution in [0, 0.1) is 0 Å². The Hall–Kier alpha value is -1.69. The molecule has 1 aliphatic rings. The van der Waals surface area contributed by atoms with Gasteiger partial charge in [0.2, 0.25) is 5.91 Å². The van der Waals surface area contributed by atoms with Crippen LogP contribution in [-0.2, 0) is 9.59 Å². The number of hydrogen-bond acceptors (Lipinski definition) is 4. The Morgan fingerprint density at radius 3 is 2.71 bits per heavy atom. The molecule has 1 aromatic carbocycles. The predicted octanol–water partition coefficient (Wildman–Crippen LogP) is 0.412. The Morgan fingerprint density at radius 2 is 2.18 bits per heavy atom. The smallest absolute Gasteiger partial charge is 0.255 e. The molecule has 0 aliphatic carbocycles. The van der Waals surface area contributed by atoms with Crippen molar-refractivity contribution in [1.29, 1.82) is 0 Å². The average Bonchev–Trinajstić information content (AvgIpc) is 2.74. The summed E-state index contributed by atoms with van der Waals surface area (Å²) < 4.78 is 5.14. The summed E-state index contributed by atoms with van der Waals surface area (Å²) in [6.45, 7) is -0.131. The summed E-state index contributed by atoms with van der Waals surface area (Å²) in [4.78, 5) is 21.6. The van der Waals surface area contributed by atoms with E-state index in [2.05, 4.69) is 5.32 Å². The van der Waals surface area contributed by atoms with Crippen molar-refractivity contribution in [3.8, 4) is 5.75 Å². The largest absolute Gasteiger partial charge is 0.484 e. The highest BCUT2D eigenvalue weighted by Gasteiger charge is 2.22. The molecular weight excluding hydrogens is 240 g/mol. The van der Waals surface area contributed by atoms with Gasteiger partial charge in [0.25, 0.3) is 5.91 Å². The van der Waals surface area contributed by atoms with Crippen LogP contribution in [0.5, 0.6) is 5.75 Å². The fraction of sp³-hybridized carbons (Fsp3) is 0.273. The van der Waals surface area contributed by atoms with Crippen molar-refractivity contribution < 1.29 is 14.3 Å². The van der Waals surface area contributed by atoms with Crippen LogP contribution in [-0.4, -0.2) is 24.2 Å². The standard InChI is InChI=1S/C11H12N2O3S/c12-9(14)5-16-8-3-1-7(2-4-8)11-13-10(15)6-17-11/h1-4,11H,5-6H2,(H2,12,14)(H,13,15)/t11-/m0/s1. The molecule has 6 heteroatoms. The average molecular weight is 252 g/mol. The van der Waals surface area contributed by atoms with E-state index in [4.69, 9.17) is 10.5 Å². The van der Waals surface area contributed by atoms with E-state index in [0.29, 0.717) is 11.5 Å². The minimum atomic E-state index is -0.507. The molecule has 0 bridgehead atoms. The number of carbonyl (C=O) groups excluding carboxylic acids is 2. The number of ether oxygens (including phenoxy) is 1. The van der Waals surface area contributed by atoms with E-state index in [-0.39, 0.29) is 17.9 Å². The quantitative estimate of drug-likeness (QED) is 0.813. The van der Waals surface area contributed by atoms with Crippen molar-refractivity contribution in [2.45, 2.75) is 5.37 Å². The first-order valence-electron chi connectivity index (χ1n) is 5.07. The number of nitrogens with two attached hydrogens (primary N) is 1. The molecule has 17 heavy (non-hydrogen) atoms. The molecule has 90 valence electrons. The summed E-state index contributed by atoms with van der Waals surface area (Å²) in [5.41, 5.74) is 5.98. The van der Waals surface area contributed by atoms with Gasteiger partial charge in [-0.25, -0.2) is 0 Å². The summed E-state index contributed by atoms with van der Waals surface area (Å²) in [5, 5.41) is 2.86. The molecule has 0 radical (unpaired) electrons. The third-order valence-electron chi connectivity index (χ3n) is 2.24.